The van der Waals surface area contributed by atoms with Gasteiger partial charge in [0.2, 0.25) is 0 Å². The average Bonchev–Trinajstić information content (AvgIpc) is 2.89. The van der Waals surface area contributed by atoms with E-state index in [-0.39, 0.29) is 5.41 Å². The van der Waals surface area contributed by atoms with Crippen molar-refractivity contribution in [1.82, 2.24) is 0 Å². The minimum Gasteiger partial charge on any atom is -0.381 e. The van der Waals surface area contributed by atoms with Crippen LogP contribution in [-0.2, 0) is 9.53 Å². The van der Waals surface area contributed by atoms with Gasteiger partial charge < -0.3 is 9.53 Å². The smallest absolute Gasteiger partial charge is 0.126 e. The lowest BCUT2D eigenvalue weighted by molar-refractivity contribution is -0.119. The van der Waals surface area contributed by atoms with Crippen molar-refractivity contribution in [1.29, 1.82) is 0 Å². The molecule has 0 amide bonds. The van der Waals surface area contributed by atoms with Crippen LogP contribution in [0.3, 0.4) is 0 Å². The molecule has 3 fully saturated rings. The zero-order valence-corrected chi connectivity index (χ0v) is 9.61. The van der Waals surface area contributed by atoms with Crippen LogP contribution in [0.1, 0.15) is 32.6 Å². The summed E-state index contributed by atoms with van der Waals surface area (Å²) in [7, 11) is 1.83. The molecule has 0 aromatic carbocycles. The third-order valence-electron chi connectivity index (χ3n) is 5.47. The van der Waals surface area contributed by atoms with E-state index in [1.165, 1.54) is 25.5 Å². The van der Waals surface area contributed by atoms with Crippen molar-refractivity contribution in [3.8, 4) is 0 Å². The van der Waals surface area contributed by atoms with Gasteiger partial charge in [-0.2, -0.15) is 0 Å². The zero-order valence-electron chi connectivity index (χ0n) is 9.61. The summed E-state index contributed by atoms with van der Waals surface area (Å²) >= 11 is 0. The van der Waals surface area contributed by atoms with Crippen LogP contribution in [0.5, 0.6) is 0 Å². The van der Waals surface area contributed by atoms with Gasteiger partial charge in [0.15, 0.2) is 0 Å². The second kappa shape index (κ2) is 3.07. The van der Waals surface area contributed by atoms with E-state index in [4.69, 9.17) is 4.74 Å². The molecule has 3 aliphatic carbocycles. The number of hydrogen-bond acceptors (Lipinski definition) is 2. The van der Waals surface area contributed by atoms with Crippen LogP contribution in [0, 0.1) is 29.1 Å². The number of hydrogen-bond donors (Lipinski definition) is 0. The highest BCUT2D eigenvalue weighted by atomic mass is 16.5. The summed E-state index contributed by atoms with van der Waals surface area (Å²) < 4.78 is 5.58. The van der Waals surface area contributed by atoms with Gasteiger partial charge in [-0.1, -0.05) is 6.92 Å². The highest BCUT2D eigenvalue weighted by molar-refractivity contribution is 5.60. The lowest BCUT2D eigenvalue weighted by Crippen LogP contribution is -2.38. The fourth-order valence-electron chi connectivity index (χ4n) is 4.86. The maximum absolute atomic E-state index is 11.3. The molecule has 6 atom stereocenters. The molecule has 0 aliphatic heterocycles. The molecule has 0 radical (unpaired) electrons. The first-order chi connectivity index (χ1) is 7.19. The summed E-state index contributed by atoms with van der Waals surface area (Å²) in [6.07, 6.45) is 6.61. The fraction of sp³-hybridized carbons (Fsp3) is 0.923. The van der Waals surface area contributed by atoms with Crippen LogP contribution >= 0.6 is 0 Å². The van der Waals surface area contributed by atoms with E-state index in [0.29, 0.717) is 17.9 Å². The quantitative estimate of drug-likeness (QED) is 0.651. The van der Waals surface area contributed by atoms with Crippen LogP contribution in [0.25, 0.3) is 0 Å². The van der Waals surface area contributed by atoms with Gasteiger partial charge in [0.1, 0.15) is 6.29 Å². The first kappa shape index (κ1) is 9.83. The van der Waals surface area contributed by atoms with Gasteiger partial charge in [-0.25, -0.2) is 0 Å². The number of methoxy groups -OCH3 is 1. The SMILES string of the molecule is COC1CC2CC1C1C2CCC1(C)C=O. The second-order valence-electron chi connectivity index (χ2n) is 6.02. The van der Waals surface area contributed by atoms with Crippen molar-refractivity contribution in [2.75, 3.05) is 7.11 Å². The topological polar surface area (TPSA) is 26.3 Å². The molecule has 0 saturated heterocycles. The lowest BCUT2D eigenvalue weighted by Gasteiger charge is -2.36. The number of aldehydes is 1. The number of carbonyl (C=O) groups excluding carboxylic acids is 1. The van der Waals surface area contributed by atoms with Gasteiger partial charge in [-0.15, -0.1) is 0 Å². The minimum atomic E-state index is -0.0404. The summed E-state index contributed by atoms with van der Waals surface area (Å²) in [5.41, 5.74) is -0.0404. The Morgan fingerprint density at radius 3 is 2.80 bits per heavy atom. The van der Waals surface area contributed by atoms with E-state index in [1.54, 1.807) is 0 Å². The normalized spacial score (nSPS) is 57.1. The fourth-order valence-corrected chi connectivity index (χ4v) is 4.86. The van der Waals surface area contributed by atoms with Crippen molar-refractivity contribution in [3.63, 3.8) is 0 Å². The standard InChI is InChI=1S/C13H20O2/c1-13(7-14)4-3-9-8-5-10(12(9)13)11(6-8)15-2/h7-12H,3-6H2,1-2H3. The number of fused-ring (bicyclic) bond motifs is 5. The molecule has 3 rings (SSSR count). The third-order valence-corrected chi connectivity index (χ3v) is 5.47. The number of ether oxygens (including phenoxy) is 1. The molecule has 84 valence electrons. The summed E-state index contributed by atoms with van der Waals surface area (Å²) in [5.74, 6) is 2.98. The van der Waals surface area contributed by atoms with Gasteiger partial charge in [0, 0.05) is 12.5 Å². The van der Waals surface area contributed by atoms with Gasteiger partial charge in [0.05, 0.1) is 6.10 Å². The van der Waals surface area contributed by atoms with E-state index >= 15 is 0 Å². The van der Waals surface area contributed by atoms with Gasteiger partial charge >= 0.3 is 0 Å². The minimum absolute atomic E-state index is 0.0404. The van der Waals surface area contributed by atoms with Crippen molar-refractivity contribution < 1.29 is 9.53 Å². The maximum Gasteiger partial charge on any atom is 0.126 e. The molecule has 0 aromatic rings. The monoisotopic (exact) mass is 208 g/mol. The number of rotatable bonds is 2. The highest BCUT2D eigenvalue weighted by Gasteiger charge is 2.61. The molecule has 3 aliphatic rings. The lowest BCUT2D eigenvalue weighted by atomic mass is 9.70. The Balaban J connectivity index is 1.91. The van der Waals surface area contributed by atoms with E-state index < -0.39 is 0 Å². The summed E-state index contributed by atoms with van der Waals surface area (Å²) in [6.45, 7) is 2.16. The van der Waals surface area contributed by atoms with Crippen molar-refractivity contribution in [2.45, 2.75) is 38.7 Å². The van der Waals surface area contributed by atoms with Crippen molar-refractivity contribution in [3.05, 3.63) is 0 Å². The molecular weight excluding hydrogens is 188 g/mol. The molecule has 6 unspecified atom stereocenters. The molecule has 3 saturated carbocycles. The molecule has 2 bridgehead atoms. The van der Waals surface area contributed by atoms with Crippen LogP contribution in [-0.4, -0.2) is 19.5 Å². The number of carbonyl (C=O) groups is 1. The molecule has 15 heavy (non-hydrogen) atoms. The Morgan fingerprint density at radius 2 is 2.13 bits per heavy atom. The average molecular weight is 208 g/mol. The second-order valence-corrected chi connectivity index (χ2v) is 6.02. The van der Waals surface area contributed by atoms with Crippen LogP contribution in [0.15, 0.2) is 0 Å². The molecule has 0 aromatic heterocycles. The Hall–Kier alpha value is -0.370. The summed E-state index contributed by atoms with van der Waals surface area (Å²) in [4.78, 5) is 11.3. The van der Waals surface area contributed by atoms with Crippen LogP contribution in [0.4, 0.5) is 0 Å². The van der Waals surface area contributed by atoms with Crippen LogP contribution in [0.2, 0.25) is 0 Å². The van der Waals surface area contributed by atoms with Crippen LogP contribution < -0.4 is 0 Å². The molecule has 0 spiro atoms. The molecular formula is C13H20O2. The Bertz CT molecular complexity index is 288. The summed E-state index contributed by atoms with van der Waals surface area (Å²) in [6, 6.07) is 0. The van der Waals surface area contributed by atoms with Crippen molar-refractivity contribution >= 4 is 6.29 Å². The van der Waals surface area contributed by atoms with E-state index in [9.17, 15) is 4.79 Å². The zero-order chi connectivity index (χ0) is 10.6. The Kier molecular flexibility index (Phi) is 2.01. The highest BCUT2D eigenvalue weighted by Crippen LogP contribution is 2.64. The molecule has 0 heterocycles. The van der Waals surface area contributed by atoms with Gasteiger partial charge in [-0.05, 0) is 49.4 Å². The predicted molar refractivity (Wildman–Crippen MR) is 57.4 cm³/mol. The first-order valence-electron chi connectivity index (χ1n) is 6.19. The molecule has 2 heteroatoms. The van der Waals surface area contributed by atoms with Gasteiger partial charge in [0.25, 0.3) is 0 Å². The van der Waals surface area contributed by atoms with Gasteiger partial charge in [-0.3, -0.25) is 0 Å². The van der Waals surface area contributed by atoms with E-state index in [0.717, 1.165) is 18.3 Å². The first-order valence-corrected chi connectivity index (χ1v) is 6.19. The molecule has 0 N–H and O–H groups in total. The largest absolute Gasteiger partial charge is 0.381 e. The Labute approximate surface area is 91.4 Å². The predicted octanol–water partition coefficient (Wildman–Crippen LogP) is 2.27. The third kappa shape index (κ3) is 1.12. The van der Waals surface area contributed by atoms with Crippen molar-refractivity contribution in [2.24, 2.45) is 29.1 Å². The van der Waals surface area contributed by atoms with E-state index in [1.807, 2.05) is 7.11 Å². The van der Waals surface area contributed by atoms with E-state index in [2.05, 4.69) is 6.92 Å². The molecule has 2 nitrogen and oxygen atoms in total. The maximum atomic E-state index is 11.3. The Morgan fingerprint density at radius 1 is 1.33 bits per heavy atom. The summed E-state index contributed by atoms with van der Waals surface area (Å²) in [5, 5.41) is 0.